The van der Waals surface area contributed by atoms with Crippen LogP contribution in [0.5, 0.6) is 17.2 Å². The number of hydrogen-bond acceptors (Lipinski definition) is 4. The van der Waals surface area contributed by atoms with E-state index in [0.717, 1.165) is 12.1 Å². The van der Waals surface area contributed by atoms with E-state index in [1.807, 2.05) is 0 Å². The molecule has 7 heteroatoms. The number of phenols is 2. The fourth-order valence-corrected chi connectivity index (χ4v) is 1.70. The van der Waals surface area contributed by atoms with E-state index in [9.17, 15) is 18.3 Å². The molecule has 2 rings (SSSR count). The summed E-state index contributed by atoms with van der Waals surface area (Å²) in [5.41, 5.74) is 0.822. The van der Waals surface area contributed by atoms with Crippen LogP contribution in [-0.2, 0) is 6.54 Å². The van der Waals surface area contributed by atoms with Gasteiger partial charge < -0.3 is 20.3 Å². The largest absolute Gasteiger partial charge is 0.508 e. The SMILES string of the molecule is Oc1ccc(CNc2ccc(OC(F)F)c(F)c2)c(O)c1. The molecule has 2 aromatic rings. The van der Waals surface area contributed by atoms with E-state index in [-0.39, 0.29) is 18.0 Å². The lowest BCUT2D eigenvalue weighted by molar-refractivity contribution is -0.0521. The maximum absolute atomic E-state index is 13.5. The molecular formula is C14H12F3NO3. The van der Waals surface area contributed by atoms with Crippen molar-refractivity contribution in [2.75, 3.05) is 5.32 Å². The van der Waals surface area contributed by atoms with E-state index in [0.29, 0.717) is 11.3 Å². The molecule has 0 radical (unpaired) electrons. The third-order valence-electron chi connectivity index (χ3n) is 2.70. The molecule has 3 N–H and O–H groups in total. The lowest BCUT2D eigenvalue weighted by Crippen LogP contribution is -2.05. The van der Waals surface area contributed by atoms with Gasteiger partial charge in [0.1, 0.15) is 11.5 Å². The zero-order valence-electron chi connectivity index (χ0n) is 10.7. The summed E-state index contributed by atoms with van der Waals surface area (Å²) >= 11 is 0. The van der Waals surface area contributed by atoms with Gasteiger partial charge in [0.2, 0.25) is 0 Å². The maximum Gasteiger partial charge on any atom is 0.387 e. The fraction of sp³-hybridized carbons (Fsp3) is 0.143. The Morgan fingerprint density at radius 3 is 2.48 bits per heavy atom. The van der Waals surface area contributed by atoms with E-state index >= 15 is 0 Å². The first-order chi connectivity index (χ1) is 9.95. The van der Waals surface area contributed by atoms with E-state index in [1.165, 1.54) is 24.3 Å². The Morgan fingerprint density at radius 2 is 1.86 bits per heavy atom. The minimum atomic E-state index is -3.09. The van der Waals surface area contributed by atoms with Gasteiger partial charge in [-0.3, -0.25) is 0 Å². The van der Waals surface area contributed by atoms with Gasteiger partial charge in [0.25, 0.3) is 0 Å². The topological polar surface area (TPSA) is 61.7 Å². The Hall–Kier alpha value is -2.57. The van der Waals surface area contributed by atoms with E-state index in [1.54, 1.807) is 0 Å². The number of anilines is 1. The molecule has 0 unspecified atom stereocenters. The van der Waals surface area contributed by atoms with Gasteiger partial charge in [-0.05, 0) is 24.3 Å². The molecule has 0 saturated heterocycles. The van der Waals surface area contributed by atoms with Crippen molar-refractivity contribution in [1.29, 1.82) is 0 Å². The number of nitrogens with one attached hydrogen (secondary N) is 1. The van der Waals surface area contributed by atoms with Crippen LogP contribution in [0.2, 0.25) is 0 Å². The first-order valence-corrected chi connectivity index (χ1v) is 5.95. The summed E-state index contributed by atoms with van der Waals surface area (Å²) in [6, 6.07) is 7.55. The molecule has 2 aromatic carbocycles. The monoisotopic (exact) mass is 299 g/mol. The molecule has 0 aliphatic rings. The Labute approximate surface area is 118 Å². The second-order valence-electron chi connectivity index (χ2n) is 4.19. The van der Waals surface area contributed by atoms with E-state index < -0.39 is 18.2 Å². The molecule has 4 nitrogen and oxygen atoms in total. The van der Waals surface area contributed by atoms with Crippen molar-refractivity contribution in [3.63, 3.8) is 0 Å². The summed E-state index contributed by atoms with van der Waals surface area (Å²) in [5.74, 6) is -1.64. The van der Waals surface area contributed by atoms with Gasteiger partial charge in [0.05, 0.1) is 0 Å². The van der Waals surface area contributed by atoms with Gasteiger partial charge >= 0.3 is 6.61 Å². The molecular weight excluding hydrogens is 287 g/mol. The molecule has 112 valence electrons. The summed E-state index contributed by atoms with van der Waals surface area (Å²) < 4.78 is 41.5. The standard InChI is InChI=1S/C14H12F3NO3/c15-11-5-9(2-4-13(11)21-14(16)17)18-7-8-1-3-10(19)6-12(8)20/h1-6,14,18-20H,7H2. The number of rotatable bonds is 5. The summed E-state index contributed by atoms with van der Waals surface area (Å²) in [6.07, 6.45) is 0. The number of halogens is 3. The molecule has 0 aliphatic heterocycles. The van der Waals surface area contributed by atoms with Crippen LogP contribution in [0.15, 0.2) is 36.4 Å². The molecule has 0 atom stereocenters. The minimum Gasteiger partial charge on any atom is -0.508 e. The predicted octanol–water partition coefficient (Wildman–Crippen LogP) is 3.45. The number of benzene rings is 2. The van der Waals surface area contributed by atoms with Crippen molar-refractivity contribution < 1.29 is 28.1 Å². The van der Waals surface area contributed by atoms with Crippen molar-refractivity contribution in [3.05, 3.63) is 47.8 Å². The van der Waals surface area contributed by atoms with E-state index in [4.69, 9.17) is 5.11 Å². The van der Waals surface area contributed by atoms with Gasteiger partial charge in [0, 0.05) is 29.9 Å². The van der Waals surface area contributed by atoms with Gasteiger partial charge in [0.15, 0.2) is 11.6 Å². The number of phenolic OH excluding ortho intramolecular Hbond substituents is 2. The summed E-state index contributed by atoms with van der Waals surface area (Å²) in [5, 5.41) is 21.6. The van der Waals surface area contributed by atoms with Crippen molar-refractivity contribution in [1.82, 2.24) is 0 Å². The third kappa shape index (κ3) is 3.95. The summed E-state index contributed by atoms with van der Waals surface area (Å²) in [7, 11) is 0. The highest BCUT2D eigenvalue weighted by atomic mass is 19.3. The van der Waals surface area contributed by atoms with Gasteiger partial charge in [-0.15, -0.1) is 0 Å². The predicted molar refractivity (Wildman–Crippen MR) is 70.1 cm³/mol. The molecule has 0 fully saturated rings. The quantitative estimate of drug-likeness (QED) is 0.791. The third-order valence-corrected chi connectivity index (χ3v) is 2.70. The smallest absolute Gasteiger partial charge is 0.387 e. The Morgan fingerprint density at radius 1 is 1.10 bits per heavy atom. The molecule has 0 amide bonds. The van der Waals surface area contributed by atoms with Gasteiger partial charge in [-0.25, -0.2) is 4.39 Å². The zero-order valence-corrected chi connectivity index (χ0v) is 10.7. The highest BCUT2D eigenvalue weighted by molar-refractivity contribution is 5.49. The Balaban J connectivity index is 2.05. The minimum absolute atomic E-state index is 0.0733. The van der Waals surface area contributed by atoms with E-state index in [2.05, 4.69) is 10.1 Å². The molecule has 0 aromatic heterocycles. The number of hydrogen-bond donors (Lipinski definition) is 3. The molecule has 0 spiro atoms. The Kier molecular flexibility index (Phi) is 4.42. The molecule has 0 heterocycles. The highest BCUT2D eigenvalue weighted by Gasteiger charge is 2.10. The number of alkyl halides is 2. The average molecular weight is 299 g/mol. The lowest BCUT2D eigenvalue weighted by atomic mass is 10.2. The fourth-order valence-electron chi connectivity index (χ4n) is 1.70. The Bertz CT molecular complexity index is 635. The first-order valence-electron chi connectivity index (χ1n) is 5.95. The van der Waals surface area contributed by atoms with Crippen LogP contribution in [0.1, 0.15) is 5.56 Å². The normalized spacial score (nSPS) is 10.7. The van der Waals surface area contributed by atoms with Crippen LogP contribution in [0.4, 0.5) is 18.9 Å². The van der Waals surface area contributed by atoms with Crippen LogP contribution in [-0.4, -0.2) is 16.8 Å². The van der Waals surface area contributed by atoms with Crippen LogP contribution < -0.4 is 10.1 Å². The second-order valence-corrected chi connectivity index (χ2v) is 4.19. The highest BCUT2D eigenvalue weighted by Crippen LogP contribution is 2.25. The maximum atomic E-state index is 13.5. The number of ether oxygens (including phenoxy) is 1. The molecule has 0 saturated carbocycles. The van der Waals surface area contributed by atoms with Crippen molar-refractivity contribution in [2.24, 2.45) is 0 Å². The van der Waals surface area contributed by atoms with Crippen molar-refractivity contribution in [3.8, 4) is 17.2 Å². The van der Waals surface area contributed by atoms with Crippen molar-refractivity contribution >= 4 is 5.69 Å². The average Bonchev–Trinajstić information content (AvgIpc) is 2.40. The molecule has 0 bridgehead atoms. The number of aromatic hydroxyl groups is 2. The first kappa shape index (κ1) is 14.8. The van der Waals surface area contributed by atoms with Crippen LogP contribution >= 0.6 is 0 Å². The van der Waals surface area contributed by atoms with Crippen LogP contribution in [0.25, 0.3) is 0 Å². The zero-order chi connectivity index (χ0) is 15.4. The molecule has 21 heavy (non-hydrogen) atoms. The van der Waals surface area contributed by atoms with Crippen LogP contribution in [0, 0.1) is 5.82 Å². The lowest BCUT2D eigenvalue weighted by Gasteiger charge is -2.10. The second kappa shape index (κ2) is 6.25. The summed E-state index contributed by atoms with van der Waals surface area (Å²) in [6.45, 7) is -2.92. The van der Waals surface area contributed by atoms with Gasteiger partial charge in [-0.2, -0.15) is 8.78 Å². The van der Waals surface area contributed by atoms with Crippen LogP contribution in [0.3, 0.4) is 0 Å². The van der Waals surface area contributed by atoms with Gasteiger partial charge in [-0.1, -0.05) is 0 Å². The molecule has 0 aliphatic carbocycles. The summed E-state index contributed by atoms with van der Waals surface area (Å²) in [4.78, 5) is 0. The van der Waals surface area contributed by atoms with Crippen molar-refractivity contribution in [2.45, 2.75) is 13.2 Å².